The first kappa shape index (κ1) is 16.1. The molecule has 0 aromatic heterocycles. The number of amides is 2. The van der Waals surface area contributed by atoms with Crippen molar-refractivity contribution in [2.75, 3.05) is 17.2 Å². The molecular formula is C18H15N3O2S. The van der Waals surface area contributed by atoms with Gasteiger partial charge in [-0.25, -0.2) is 0 Å². The fourth-order valence-electron chi connectivity index (χ4n) is 2.42. The van der Waals surface area contributed by atoms with Crippen LogP contribution in [0.3, 0.4) is 0 Å². The summed E-state index contributed by atoms with van der Waals surface area (Å²) in [6.45, 7) is 0.371. The Morgan fingerprint density at radius 3 is 2.71 bits per heavy atom. The quantitative estimate of drug-likeness (QED) is 0.929. The molecule has 2 amide bonds. The number of benzene rings is 2. The average molecular weight is 337 g/mol. The van der Waals surface area contributed by atoms with Crippen molar-refractivity contribution in [1.29, 1.82) is 5.26 Å². The number of anilines is 1. The molecule has 5 nitrogen and oxygen atoms in total. The van der Waals surface area contributed by atoms with Gasteiger partial charge in [-0.1, -0.05) is 24.3 Å². The molecule has 6 heteroatoms. The van der Waals surface area contributed by atoms with Crippen molar-refractivity contribution in [3.63, 3.8) is 0 Å². The zero-order valence-electron chi connectivity index (χ0n) is 12.9. The van der Waals surface area contributed by atoms with E-state index in [4.69, 9.17) is 5.26 Å². The Bertz CT molecular complexity index is 812. The van der Waals surface area contributed by atoms with E-state index in [0.29, 0.717) is 17.9 Å². The fraction of sp³-hybridized carbons (Fsp3) is 0.167. The molecule has 0 atom stereocenters. The number of carbonyl (C=O) groups is 2. The van der Waals surface area contributed by atoms with Gasteiger partial charge in [0, 0.05) is 11.4 Å². The second-order valence-electron chi connectivity index (χ2n) is 5.32. The summed E-state index contributed by atoms with van der Waals surface area (Å²) in [6, 6.07) is 16.7. The third-order valence-corrected chi connectivity index (χ3v) is 4.73. The summed E-state index contributed by atoms with van der Waals surface area (Å²) in [5.74, 6) is 0.0709. The summed E-state index contributed by atoms with van der Waals surface area (Å²) in [7, 11) is 0. The highest BCUT2D eigenvalue weighted by Gasteiger charge is 2.25. The minimum Gasteiger partial charge on any atom is -0.350 e. The van der Waals surface area contributed by atoms with Crippen molar-refractivity contribution < 1.29 is 9.59 Å². The van der Waals surface area contributed by atoms with Gasteiger partial charge in [0.2, 0.25) is 11.8 Å². The molecule has 0 radical (unpaired) electrons. The molecule has 3 rings (SSSR count). The van der Waals surface area contributed by atoms with Gasteiger partial charge in [-0.2, -0.15) is 5.26 Å². The molecule has 1 N–H and O–H groups in total. The van der Waals surface area contributed by atoms with Gasteiger partial charge in [0.1, 0.15) is 6.54 Å². The molecular weight excluding hydrogens is 322 g/mol. The van der Waals surface area contributed by atoms with Crippen LogP contribution in [-0.4, -0.2) is 24.1 Å². The van der Waals surface area contributed by atoms with Gasteiger partial charge in [-0.05, 0) is 29.8 Å². The van der Waals surface area contributed by atoms with Crippen LogP contribution in [-0.2, 0) is 16.1 Å². The van der Waals surface area contributed by atoms with Crippen LogP contribution in [0.1, 0.15) is 11.1 Å². The molecule has 1 heterocycles. The Hall–Kier alpha value is -2.78. The SMILES string of the molecule is N#Cc1ccc(CNC(=O)CN2C(=O)CSc3ccccc32)cc1. The topological polar surface area (TPSA) is 73.2 Å². The average Bonchev–Trinajstić information content (AvgIpc) is 2.63. The molecule has 120 valence electrons. The maximum absolute atomic E-state index is 12.2. The van der Waals surface area contributed by atoms with Crippen molar-refractivity contribution in [2.45, 2.75) is 11.4 Å². The predicted molar refractivity (Wildman–Crippen MR) is 92.5 cm³/mol. The van der Waals surface area contributed by atoms with Crippen LogP contribution < -0.4 is 10.2 Å². The van der Waals surface area contributed by atoms with Crippen molar-refractivity contribution in [3.05, 3.63) is 59.7 Å². The highest BCUT2D eigenvalue weighted by molar-refractivity contribution is 8.00. The summed E-state index contributed by atoms with van der Waals surface area (Å²) in [5.41, 5.74) is 2.27. The van der Waals surface area contributed by atoms with E-state index < -0.39 is 0 Å². The van der Waals surface area contributed by atoms with E-state index in [2.05, 4.69) is 11.4 Å². The van der Waals surface area contributed by atoms with E-state index in [1.807, 2.05) is 24.3 Å². The lowest BCUT2D eigenvalue weighted by Crippen LogP contribution is -2.43. The molecule has 24 heavy (non-hydrogen) atoms. The van der Waals surface area contributed by atoms with Crippen LogP contribution in [0.4, 0.5) is 5.69 Å². The monoisotopic (exact) mass is 337 g/mol. The van der Waals surface area contributed by atoms with Crippen molar-refractivity contribution >= 4 is 29.3 Å². The number of rotatable bonds is 4. The zero-order valence-corrected chi connectivity index (χ0v) is 13.7. The minimum absolute atomic E-state index is 0.00663. The number of para-hydroxylation sites is 1. The van der Waals surface area contributed by atoms with Gasteiger partial charge >= 0.3 is 0 Å². The highest BCUT2D eigenvalue weighted by Crippen LogP contribution is 2.34. The summed E-state index contributed by atoms with van der Waals surface area (Å²) < 4.78 is 0. The molecule has 0 fully saturated rings. The molecule has 0 unspecified atom stereocenters. The number of carbonyl (C=O) groups excluding carboxylic acids is 2. The van der Waals surface area contributed by atoms with E-state index in [0.717, 1.165) is 16.1 Å². The number of nitrogens with one attached hydrogen (secondary N) is 1. The summed E-state index contributed by atoms with van der Waals surface area (Å²) >= 11 is 1.49. The third kappa shape index (κ3) is 3.58. The predicted octanol–water partition coefficient (Wildman–Crippen LogP) is 2.31. The highest BCUT2D eigenvalue weighted by atomic mass is 32.2. The van der Waals surface area contributed by atoms with E-state index in [1.165, 1.54) is 16.7 Å². The Morgan fingerprint density at radius 2 is 1.96 bits per heavy atom. The Morgan fingerprint density at radius 1 is 1.21 bits per heavy atom. The second kappa shape index (κ2) is 7.20. The number of hydrogen-bond donors (Lipinski definition) is 1. The lowest BCUT2D eigenvalue weighted by Gasteiger charge is -2.28. The van der Waals surface area contributed by atoms with E-state index >= 15 is 0 Å². The number of hydrogen-bond acceptors (Lipinski definition) is 4. The van der Waals surface area contributed by atoms with E-state index in [1.54, 1.807) is 24.3 Å². The van der Waals surface area contributed by atoms with Crippen LogP contribution in [0.5, 0.6) is 0 Å². The number of thioether (sulfide) groups is 1. The number of fused-ring (bicyclic) bond motifs is 1. The van der Waals surface area contributed by atoms with Crippen molar-refractivity contribution in [3.8, 4) is 6.07 Å². The molecule has 2 aromatic rings. The summed E-state index contributed by atoms with van der Waals surface area (Å²) in [4.78, 5) is 26.9. The van der Waals surface area contributed by atoms with Gasteiger partial charge in [0.15, 0.2) is 0 Å². The molecule has 0 saturated heterocycles. The number of nitrogens with zero attached hydrogens (tertiary/aromatic N) is 2. The summed E-state index contributed by atoms with van der Waals surface area (Å²) in [6.07, 6.45) is 0. The summed E-state index contributed by atoms with van der Waals surface area (Å²) in [5, 5.41) is 11.6. The first-order valence-electron chi connectivity index (χ1n) is 7.45. The zero-order chi connectivity index (χ0) is 16.9. The molecule has 0 saturated carbocycles. The van der Waals surface area contributed by atoms with Gasteiger partial charge in [-0.3, -0.25) is 9.59 Å². The Kier molecular flexibility index (Phi) is 4.82. The van der Waals surface area contributed by atoms with E-state index in [9.17, 15) is 9.59 Å². The van der Waals surface area contributed by atoms with Gasteiger partial charge in [0.25, 0.3) is 0 Å². The molecule has 1 aliphatic heterocycles. The first-order valence-corrected chi connectivity index (χ1v) is 8.44. The fourth-order valence-corrected chi connectivity index (χ4v) is 3.36. The largest absolute Gasteiger partial charge is 0.350 e. The maximum Gasteiger partial charge on any atom is 0.240 e. The lowest BCUT2D eigenvalue weighted by molar-refractivity contribution is -0.123. The van der Waals surface area contributed by atoms with Gasteiger partial charge < -0.3 is 10.2 Å². The standard InChI is InChI=1S/C18H15N3O2S/c19-9-13-5-7-14(8-6-13)10-20-17(22)11-21-15-3-1-2-4-16(15)24-12-18(21)23/h1-8H,10-12H2,(H,20,22). The van der Waals surface area contributed by atoms with Gasteiger partial charge in [0.05, 0.1) is 23.1 Å². The normalized spacial score (nSPS) is 13.1. The molecule has 0 bridgehead atoms. The van der Waals surface area contributed by atoms with Crippen LogP contribution in [0, 0.1) is 11.3 Å². The van der Waals surface area contributed by atoms with Crippen LogP contribution in [0.25, 0.3) is 0 Å². The smallest absolute Gasteiger partial charge is 0.240 e. The van der Waals surface area contributed by atoms with Crippen LogP contribution in [0.15, 0.2) is 53.4 Å². The van der Waals surface area contributed by atoms with Crippen molar-refractivity contribution in [1.82, 2.24) is 5.32 Å². The van der Waals surface area contributed by atoms with Gasteiger partial charge in [-0.15, -0.1) is 11.8 Å². The molecule has 2 aromatic carbocycles. The Labute approximate surface area is 144 Å². The minimum atomic E-state index is -0.214. The molecule has 1 aliphatic rings. The van der Waals surface area contributed by atoms with Crippen LogP contribution >= 0.6 is 11.8 Å². The molecule has 0 spiro atoms. The second-order valence-corrected chi connectivity index (χ2v) is 6.34. The van der Waals surface area contributed by atoms with Crippen LogP contribution in [0.2, 0.25) is 0 Å². The molecule has 0 aliphatic carbocycles. The first-order chi connectivity index (χ1) is 11.7. The van der Waals surface area contributed by atoms with E-state index in [-0.39, 0.29) is 18.4 Å². The number of nitriles is 1. The Balaban J connectivity index is 1.62. The lowest BCUT2D eigenvalue weighted by atomic mass is 10.1. The maximum atomic E-state index is 12.2. The third-order valence-electron chi connectivity index (χ3n) is 3.68. The van der Waals surface area contributed by atoms with Crippen molar-refractivity contribution in [2.24, 2.45) is 0 Å².